The number of morpholine rings is 1. The lowest BCUT2D eigenvalue weighted by Gasteiger charge is -2.32. The highest BCUT2D eigenvalue weighted by Gasteiger charge is 2.31. The van der Waals surface area contributed by atoms with Crippen LogP contribution in [0.25, 0.3) is 10.2 Å². The number of piperidine rings is 1. The topological polar surface area (TPSA) is 88.9 Å². The first-order chi connectivity index (χ1) is 13.9. The Morgan fingerprint density at radius 1 is 1.21 bits per heavy atom. The second kappa shape index (κ2) is 8.17. The van der Waals surface area contributed by atoms with Crippen molar-refractivity contribution in [2.75, 3.05) is 32.8 Å². The highest BCUT2D eigenvalue weighted by molar-refractivity contribution is 7.89. The summed E-state index contributed by atoms with van der Waals surface area (Å²) in [5, 5.41) is 0. The predicted octanol–water partition coefficient (Wildman–Crippen LogP) is 1.48. The maximum absolute atomic E-state index is 13.1. The first-order valence-corrected chi connectivity index (χ1v) is 12.1. The lowest BCUT2D eigenvalue weighted by atomic mass is 10.1. The zero-order valence-corrected chi connectivity index (χ0v) is 18.0. The number of nitrogens with zero attached hydrogens (tertiary/aromatic N) is 3. The largest absolute Gasteiger partial charge is 0.378 e. The van der Waals surface area contributed by atoms with Gasteiger partial charge in [-0.3, -0.25) is 14.2 Å². The molecule has 29 heavy (non-hydrogen) atoms. The van der Waals surface area contributed by atoms with Crippen LogP contribution in [0.2, 0.25) is 0 Å². The monoisotopic (exact) mass is 439 g/mol. The Kier molecular flexibility index (Phi) is 5.78. The number of thiazole rings is 1. The number of aromatic nitrogens is 1. The summed E-state index contributed by atoms with van der Waals surface area (Å²) >= 11 is 0.974. The molecule has 2 fully saturated rings. The lowest BCUT2D eigenvalue weighted by Crippen LogP contribution is -2.43. The number of hydrogen-bond acceptors (Lipinski definition) is 6. The molecule has 1 aromatic heterocycles. The van der Waals surface area contributed by atoms with Crippen LogP contribution in [0.15, 0.2) is 27.9 Å². The van der Waals surface area contributed by atoms with Crippen LogP contribution in [0.5, 0.6) is 0 Å². The van der Waals surface area contributed by atoms with Gasteiger partial charge in [-0.1, -0.05) is 17.8 Å². The van der Waals surface area contributed by atoms with E-state index in [4.69, 9.17) is 4.74 Å². The van der Waals surface area contributed by atoms with Gasteiger partial charge in [0.15, 0.2) is 0 Å². The summed E-state index contributed by atoms with van der Waals surface area (Å²) in [7, 11) is -3.61. The SMILES string of the molecule is C[C@H]1CCCCN1S(=O)(=O)c1ccc2c(c1)sc(=O)n2CC(=O)N1CCOCC1. The first kappa shape index (κ1) is 20.5. The van der Waals surface area contributed by atoms with Gasteiger partial charge < -0.3 is 9.64 Å². The Labute approximate surface area is 173 Å². The van der Waals surface area contributed by atoms with Gasteiger partial charge in [-0.2, -0.15) is 4.31 Å². The minimum atomic E-state index is -3.61. The van der Waals surface area contributed by atoms with Crippen molar-refractivity contribution >= 4 is 37.5 Å². The molecule has 0 aliphatic carbocycles. The quantitative estimate of drug-likeness (QED) is 0.720. The fraction of sp³-hybridized carbons (Fsp3) is 0.579. The Bertz CT molecular complexity index is 1070. The Balaban J connectivity index is 1.62. The average molecular weight is 440 g/mol. The number of ether oxygens (including phenoxy) is 1. The van der Waals surface area contributed by atoms with Gasteiger partial charge in [-0.15, -0.1) is 0 Å². The number of sulfonamides is 1. The van der Waals surface area contributed by atoms with Gasteiger partial charge in [-0.05, 0) is 38.0 Å². The van der Waals surface area contributed by atoms with Gasteiger partial charge >= 0.3 is 4.87 Å². The van der Waals surface area contributed by atoms with Crippen LogP contribution >= 0.6 is 11.3 Å². The highest BCUT2D eigenvalue weighted by atomic mass is 32.2. The number of amides is 1. The average Bonchev–Trinajstić information content (AvgIpc) is 3.03. The van der Waals surface area contributed by atoms with Gasteiger partial charge in [0.05, 0.1) is 28.3 Å². The third kappa shape index (κ3) is 3.98. The smallest absolute Gasteiger partial charge is 0.308 e. The zero-order chi connectivity index (χ0) is 20.6. The highest BCUT2D eigenvalue weighted by Crippen LogP contribution is 2.28. The first-order valence-electron chi connectivity index (χ1n) is 9.88. The second-order valence-corrected chi connectivity index (χ2v) is 10.4. The van der Waals surface area contributed by atoms with Crippen molar-refractivity contribution in [3.63, 3.8) is 0 Å². The molecule has 0 spiro atoms. The Morgan fingerprint density at radius 2 is 1.97 bits per heavy atom. The molecule has 4 rings (SSSR count). The standard InChI is InChI=1S/C19H25N3O5S2/c1-14-4-2-3-7-22(14)29(25,26)15-5-6-16-17(12-15)28-19(24)21(16)13-18(23)20-8-10-27-11-9-20/h5-6,12,14H,2-4,7-11,13H2,1H3/t14-/m0/s1. The van der Waals surface area contributed by atoms with Crippen LogP contribution in [0.3, 0.4) is 0 Å². The summed E-state index contributed by atoms with van der Waals surface area (Å²) in [5.74, 6) is -0.131. The molecular weight excluding hydrogens is 414 g/mol. The Morgan fingerprint density at radius 3 is 2.69 bits per heavy atom. The number of fused-ring (bicyclic) bond motifs is 1. The minimum absolute atomic E-state index is 0.0288. The number of rotatable bonds is 4. The van der Waals surface area contributed by atoms with E-state index in [-0.39, 0.29) is 28.3 Å². The molecule has 0 saturated carbocycles. The molecule has 158 valence electrons. The van der Waals surface area contributed by atoms with E-state index in [1.807, 2.05) is 6.92 Å². The third-order valence-electron chi connectivity index (χ3n) is 5.65. The normalized spacial score (nSPS) is 21.6. The molecule has 0 unspecified atom stereocenters. The van der Waals surface area contributed by atoms with Gasteiger partial charge in [-0.25, -0.2) is 8.42 Å². The number of hydrogen-bond donors (Lipinski definition) is 0. The predicted molar refractivity (Wildman–Crippen MR) is 111 cm³/mol. The summed E-state index contributed by atoms with van der Waals surface area (Å²) in [6, 6.07) is 4.72. The second-order valence-electron chi connectivity index (χ2n) is 7.54. The van der Waals surface area contributed by atoms with Crippen molar-refractivity contribution in [3.05, 3.63) is 27.9 Å². The molecule has 2 saturated heterocycles. The summed E-state index contributed by atoms with van der Waals surface area (Å²) in [5.41, 5.74) is 0.590. The van der Waals surface area contributed by atoms with E-state index in [0.717, 1.165) is 30.6 Å². The zero-order valence-electron chi connectivity index (χ0n) is 16.4. The molecule has 2 aliphatic rings. The molecular formula is C19H25N3O5S2. The van der Waals surface area contributed by atoms with Crippen molar-refractivity contribution < 1.29 is 17.9 Å². The van der Waals surface area contributed by atoms with Crippen LogP contribution in [-0.4, -0.2) is 67.0 Å². The molecule has 8 nitrogen and oxygen atoms in total. The van der Waals surface area contributed by atoms with Crippen LogP contribution in [0.4, 0.5) is 0 Å². The fourth-order valence-electron chi connectivity index (χ4n) is 3.97. The fourth-order valence-corrected chi connectivity index (χ4v) is 6.70. The molecule has 3 heterocycles. The molecule has 1 aromatic carbocycles. The Hall–Kier alpha value is -1.75. The van der Waals surface area contributed by atoms with Crippen LogP contribution < -0.4 is 4.87 Å². The van der Waals surface area contributed by atoms with Crippen LogP contribution in [0, 0.1) is 0 Å². The van der Waals surface area contributed by atoms with Crippen LogP contribution in [-0.2, 0) is 26.1 Å². The van der Waals surface area contributed by atoms with Crippen molar-refractivity contribution in [3.8, 4) is 0 Å². The van der Waals surface area contributed by atoms with Crippen molar-refractivity contribution in [1.29, 1.82) is 0 Å². The molecule has 2 aliphatic heterocycles. The minimum Gasteiger partial charge on any atom is -0.378 e. The van der Waals surface area contributed by atoms with E-state index in [0.29, 0.717) is 43.1 Å². The summed E-state index contributed by atoms with van der Waals surface area (Å²) in [4.78, 5) is 26.7. The summed E-state index contributed by atoms with van der Waals surface area (Å²) in [6.07, 6.45) is 2.75. The van der Waals surface area contributed by atoms with Crippen molar-refractivity contribution in [2.24, 2.45) is 0 Å². The van der Waals surface area contributed by atoms with E-state index in [1.54, 1.807) is 27.4 Å². The molecule has 2 aromatic rings. The molecule has 1 atom stereocenters. The van der Waals surface area contributed by atoms with Gasteiger partial charge in [0, 0.05) is 25.7 Å². The molecule has 0 bridgehead atoms. The van der Waals surface area contributed by atoms with Gasteiger partial charge in [0.2, 0.25) is 15.9 Å². The third-order valence-corrected chi connectivity index (χ3v) is 8.60. The van der Waals surface area contributed by atoms with E-state index >= 15 is 0 Å². The number of carbonyl (C=O) groups is 1. The van der Waals surface area contributed by atoms with E-state index in [9.17, 15) is 18.0 Å². The molecule has 0 N–H and O–H groups in total. The maximum atomic E-state index is 13.1. The van der Waals surface area contributed by atoms with E-state index < -0.39 is 10.0 Å². The molecule has 10 heteroatoms. The molecule has 0 radical (unpaired) electrons. The molecule has 1 amide bonds. The van der Waals surface area contributed by atoms with E-state index in [2.05, 4.69) is 0 Å². The van der Waals surface area contributed by atoms with Crippen molar-refractivity contribution in [2.45, 2.75) is 43.7 Å². The van der Waals surface area contributed by atoms with Crippen molar-refractivity contribution in [1.82, 2.24) is 13.8 Å². The van der Waals surface area contributed by atoms with Gasteiger partial charge in [0.1, 0.15) is 6.54 Å². The maximum Gasteiger partial charge on any atom is 0.308 e. The van der Waals surface area contributed by atoms with E-state index in [1.165, 1.54) is 4.57 Å². The summed E-state index contributed by atoms with van der Waals surface area (Å²) in [6.45, 7) is 4.45. The number of carbonyl (C=O) groups excluding carboxylic acids is 1. The summed E-state index contributed by atoms with van der Waals surface area (Å²) < 4.78 is 35.0. The lowest BCUT2D eigenvalue weighted by molar-refractivity contribution is -0.135. The van der Waals surface area contributed by atoms with Gasteiger partial charge in [0.25, 0.3) is 0 Å². The number of benzene rings is 1. The van der Waals surface area contributed by atoms with Crippen LogP contribution in [0.1, 0.15) is 26.2 Å².